The molecule has 3 rings (SSSR count). The number of aromatic nitrogens is 3. The standard InChI is InChI=1S/C24H32N6O4/c1-17(2)7-12-30(20-16-27(3)24(34)28(4)23(20)33)21(31)8-11-29-13-10-26-19(15-29)22(32)18-6-5-9-25-14-18/h5-7,9,14,16,19,26H,8,10-13,15H2,1-4H3. The van der Waals surface area contributed by atoms with Crippen molar-refractivity contribution in [2.75, 3.05) is 37.6 Å². The van der Waals surface area contributed by atoms with E-state index >= 15 is 0 Å². The summed E-state index contributed by atoms with van der Waals surface area (Å²) in [4.78, 5) is 58.4. The predicted octanol–water partition coefficient (Wildman–Crippen LogP) is 0.325. The van der Waals surface area contributed by atoms with Crippen LogP contribution < -0.4 is 21.5 Å². The Morgan fingerprint density at radius 3 is 2.71 bits per heavy atom. The number of Topliss-reactive ketones (excluding diaryl/α,β-unsaturated/α-hetero) is 1. The number of aryl methyl sites for hydroxylation is 1. The highest BCUT2D eigenvalue weighted by atomic mass is 16.2. The van der Waals surface area contributed by atoms with E-state index in [1.54, 1.807) is 31.6 Å². The van der Waals surface area contributed by atoms with E-state index in [2.05, 4.69) is 15.2 Å². The quantitative estimate of drug-likeness (QED) is 0.439. The molecule has 10 nitrogen and oxygen atoms in total. The first kappa shape index (κ1) is 25.3. The Morgan fingerprint density at radius 2 is 2.03 bits per heavy atom. The van der Waals surface area contributed by atoms with Gasteiger partial charge in [-0.1, -0.05) is 11.6 Å². The maximum absolute atomic E-state index is 13.2. The summed E-state index contributed by atoms with van der Waals surface area (Å²) in [6.45, 7) is 6.35. The average Bonchev–Trinajstić information content (AvgIpc) is 2.84. The van der Waals surface area contributed by atoms with Crippen LogP contribution in [0.3, 0.4) is 0 Å². The fourth-order valence-corrected chi connectivity index (χ4v) is 3.87. The van der Waals surface area contributed by atoms with E-state index < -0.39 is 11.2 Å². The molecule has 1 aliphatic heterocycles. The number of rotatable bonds is 8. The van der Waals surface area contributed by atoms with Crippen LogP contribution in [-0.4, -0.2) is 69.5 Å². The molecule has 1 unspecified atom stereocenters. The Labute approximate surface area is 198 Å². The lowest BCUT2D eigenvalue weighted by molar-refractivity contribution is -0.118. The van der Waals surface area contributed by atoms with Crippen molar-refractivity contribution in [1.82, 2.24) is 24.3 Å². The van der Waals surface area contributed by atoms with Crippen molar-refractivity contribution in [3.63, 3.8) is 0 Å². The first-order chi connectivity index (χ1) is 16.2. The lowest BCUT2D eigenvalue weighted by Gasteiger charge is -2.33. The third-order valence-electron chi connectivity index (χ3n) is 5.87. The summed E-state index contributed by atoms with van der Waals surface area (Å²) in [5.41, 5.74) is 0.767. The molecule has 1 atom stereocenters. The molecule has 1 aliphatic rings. The van der Waals surface area contributed by atoms with Crippen LogP contribution in [0, 0.1) is 0 Å². The first-order valence-corrected chi connectivity index (χ1v) is 11.3. The maximum atomic E-state index is 13.2. The zero-order valence-electron chi connectivity index (χ0n) is 20.2. The molecule has 34 heavy (non-hydrogen) atoms. The maximum Gasteiger partial charge on any atom is 0.330 e. The van der Waals surface area contributed by atoms with Crippen LogP contribution in [0.25, 0.3) is 0 Å². The smallest absolute Gasteiger partial charge is 0.305 e. The van der Waals surface area contributed by atoms with Crippen LogP contribution in [0.1, 0.15) is 30.6 Å². The molecule has 1 fully saturated rings. The summed E-state index contributed by atoms with van der Waals surface area (Å²) in [6, 6.07) is 3.11. The van der Waals surface area contributed by atoms with Crippen molar-refractivity contribution in [2.45, 2.75) is 26.3 Å². The fraction of sp³-hybridized carbons (Fsp3) is 0.458. The van der Waals surface area contributed by atoms with Gasteiger partial charge in [0.1, 0.15) is 5.69 Å². The summed E-state index contributed by atoms with van der Waals surface area (Å²) >= 11 is 0. The van der Waals surface area contributed by atoms with Gasteiger partial charge in [0.25, 0.3) is 5.56 Å². The minimum Gasteiger partial charge on any atom is -0.305 e. The second-order valence-corrected chi connectivity index (χ2v) is 8.72. The number of piperazine rings is 1. The summed E-state index contributed by atoms with van der Waals surface area (Å²) in [5, 5.41) is 3.24. The van der Waals surface area contributed by atoms with Crippen molar-refractivity contribution in [1.29, 1.82) is 0 Å². The number of pyridine rings is 1. The Kier molecular flexibility index (Phi) is 8.30. The van der Waals surface area contributed by atoms with Gasteiger partial charge >= 0.3 is 5.69 Å². The van der Waals surface area contributed by atoms with Crippen molar-refractivity contribution >= 4 is 17.4 Å². The van der Waals surface area contributed by atoms with Crippen molar-refractivity contribution in [3.8, 4) is 0 Å². The molecule has 0 aromatic carbocycles. The minimum absolute atomic E-state index is 0.0250. The highest BCUT2D eigenvalue weighted by Gasteiger charge is 2.27. The van der Waals surface area contributed by atoms with Crippen LogP contribution in [0.4, 0.5) is 5.69 Å². The second-order valence-electron chi connectivity index (χ2n) is 8.72. The molecular weight excluding hydrogens is 436 g/mol. The third kappa shape index (κ3) is 5.95. The van der Waals surface area contributed by atoms with Gasteiger partial charge in [-0.15, -0.1) is 0 Å². The molecule has 10 heteroatoms. The van der Waals surface area contributed by atoms with Gasteiger partial charge in [0.05, 0.1) is 6.04 Å². The number of allylic oxidation sites excluding steroid dienone is 1. The van der Waals surface area contributed by atoms with E-state index in [0.717, 1.165) is 10.1 Å². The van der Waals surface area contributed by atoms with Gasteiger partial charge in [-0.25, -0.2) is 4.79 Å². The molecule has 1 N–H and O–H groups in total. The van der Waals surface area contributed by atoms with Gasteiger partial charge in [-0.05, 0) is 26.0 Å². The lowest BCUT2D eigenvalue weighted by atomic mass is 10.0. The largest absolute Gasteiger partial charge is 0.330 e. The van der Waals surface area contributed by atoms with E-state index in [4.69, 9.17) is 0 Å². The van der Waals surface area contributed by atoms with Crippen LogP contribution >= 0.6 is 0 Å². The van der Waals surface area contributed by atoms with E-state index in [-0.39, 0.29) is 36.4 Å². The number of hydrogen-bond acceptors (Lipinski definition) is 7. The van der Waals surface area contributed by atoms with E-state index in [1.807, 2.05) is 19.9 Å². The number of amides is 1. The van der Waals surface area contributed by atoms with Gasteiger partial charge in [0.15, 0.2) is 5.78 Å². The topological polar surface area (TPSA) is 110 Å². The van der Waals surface area contributed by atoms with Crippen LogP contribution in [0.15, 0.2) is 52.0 Å². The minimum atomic E-state index is -0.511. The number of nitrogens with one attached hydrogen (secondary N) is 1. The molecule has 0 aliphatic carbocycles. The number of nitrogens with zero attached hydrogens (tertiary/aromatic N) is 5. The van der Waals surface area contributed by atoms with Gasteiger partial charge in [0, 0.05) is 77.4 Å². The highest BCUT2D eigenvalue weighted by Crippen LogP contribution is 2.12. The first-order valence-electron chi connectivity index (χ1n) is 11.3. The van der Waals surface area contributed by atoms with E-state index in [1.165, 1.54) is 22.7 Å². The molecule has 0 saturated carbocycles. The molecule has 182 valence electrons. The highest BCUT2D eigenvalue weighted by molar-refractivity contribution is 6.00. The Hall–Kier alpha value is -3.37. The van der Waals surface area contributed by atoms with Crippen molar-refractivity contribution < 1.29 is 9.59 Å². The van der Waals surface area contributed by atoms with Crippen molar-refractivity contribution in [3.05, 3.63) is 68.8 Å². The zero-order chi connectivity index (χ0) is 24.8. The van der Waals surface area contributed by atoms with Gasteiger partial charge < -0.3 is 14.8 Å². The predicted molar refractivity (Wildman–Crippen MR) is 130 cm³/mol. The summed E-state index contributed by atoms with van der Waals surface area (Å²) in [6.07, 6.45) is 6.64. The number of anilines is 1. The van der Waals surface area contributed by atoms with Crippen LogP contribution in [0.2, 0.25) is 0 Å². The lowest BCUT2D eigenvalue weighted by Crippen LogP contribution is -2.54. The summed E-state index contributed by atoms with van der Waals surface area (Å²) < 4.78 is 2.30. The third-order valence-corrected chi connectivity index (χ3v) is 5.87. The van der Waals surface area contributed by atoms with Gasteiger partial charge in [-0.3, -0.25) is 28.8 Å². The Morgan fingerprint density at radius 1 is 1.26 bits per heavy atom. The number of ketones is 1. The van der Waals surface area contributed by atoms with Crippen LogP contribution in [-0.2, 0) is 18.9 Å². The fourth-order valence-electron chi connectivity index (χ4n) is 3.87. The molecule has 0 spiro atoms. The number of carbonyl (C=O) groups excluding carboxylic acids is 2. The Balaban J connectivity index is 1.72. The van der Waals surface area contributed by atoms with E-state index in [0.29, 0.717) is 31.7 Å². The zero-order valence-corrected chi connectivity index (χ0v) is 20.2. The van der Waals surface area contributed by atoms with Gasteiger partial charge in [-0.2, -0.15) is 0 Å². The molecular formula is C24H32N6O4. The monoisotopic (exact) mass is 468 g/mol. The normalized spacial score (nSPS) is 16.2. The molecule has 1 amide bonds. The number of carbonyl (C=O) groups is 2. The van der Waals surface area contributed by atoms with Crippen molar-refractivity contribution in [2.24, 2.45) is 14.1 Å². The van der Waals surface area contributed by atoms with E-state index in [9.17, 15) is 19.2 Å². The molecule has 2 aromatic rings. The summed E-state index contributed by atoms with van der Waals surface area (Å²) in [5.74, 6) is -0.245. The molecule has 2 aromatic heterocycles. The second kappa shape index (κ2) is 11.2. The number of hydrogen-bond donors (Lipinski definition) is 1. The molecule has 0 radical (unpaired) electrons. The SMILES string of the molecule is CC(C)=CCN(C(=O)CCN1CCNC(C(=O)c2cccnc2)C1)c1cn(C)c(=O)n(C)c1=O. The van der Waals surface area contributed by atoms with Crippen LogP contribution in [0.5, 0.6) is 0 Å². The summed E-state index contributed by atoms with van der Waals surface area (Å²) in [7, 11) is 2.95. The van der Waals surface area contributed by atoms with Gasteiger partial charge in [0.2, 0.25) is 5.91 Å². The Bertz CT molecular complexity index is 1180. The molecule has 1 saturated heterocycles. The average molecular weight is 469 g/mol. The molecule has 3 heterocycles. The molecule has 0 bridgehead atoms.